The molecule has 0 aliphatic rings. The highest BCUT2D eigenvalue weighted by Crippen LogP contribution is 2.34. The number of hydrogen-bond donors (Lipinski definition) is 1. The van der Waals surface area contributed by atoms with Crippen molar-refractivity contribution in [2.24, 2.45) is 0 Å². The molecule has 0 bridgehead atoms. The zero-order valence-corrected chi connectivity index (χ0v) is 9.93. The predicted molar refractivity (Wildman–Crippen MR) is 61.9 cm³/mol. The normalized spacial score (nSPS) is 11.6. The molecule has 100 valence electrons. The summed E-state index contributed by atoms with van der Waals surface area (Å²) in [6.07, 6.45) is -3.46. The zero-order chi connectivity index (χ0) is 14.2. The van der Waals surface area contributed by atoms with Crippen molar-refractivity contribution in [2.45, 2.75) is 6.18 Å². The topological polar surface area (TPSA) is 51.8 Å². The molecule has 0 amide bonds. The number of aromatic nitrogens is 2. The monoisotopic (exact) mass is 291 g/mol. The first-order valence-corrected chi connectivity index (χ1v) is 5.32. The number of nitrogens with two attached hydrogens (primary N) is 1. The molecule has 0 saturated carbocycles. The highest BCUT2D eigenvalue weighted by atomic mass is 35.5. The molecule has 1 heterocycles. The van der Waals surface area contributed by atoms with E-state index < -0.39 is 17.6 Å². The van der Waals surface area contributed by atoms with Crippen LogP contribution in [-0.4, -0.2) is 10.2 Å². The van der Waals surface area contributed by atoms with Gasteiger partial charge >= 0.3 is 6.18 Å². The SMILES string of the molecule is Nc1c(Cl)cnnc1-c1ccc(C(F)(F)F)cc1F. The maximum atomic E-state index is 13.7. The molecule has 0 aliphatic carbocycles. The van der Waals surface area contributed by atoms with Gasteiger partial charge < -0.3 is 5.73 Å². The fourth-order valence-electron chi connectivity index (χ4n) is 1.46. The minimum atomic E-state index is -4.62. The van der Waals surface area contributed by atoms with Crippen LogP contribution in [0.25, 0.3) is 11.3 Å². The summed E-state index contributed by atoms with van der Waals surface area (Å²) in [4.78, 5) is 0. The molecule has 0 unspecified atom stereocenters. The summed E-state index contributed by atoms with van der Waals surface area (Å²) in [7, 11) is 0. The summed E-state index contributed by atoms with van der Waals surface area (Å²) in [6.45, 7) is 0. The molecule has 3 nitrogen and oxygen atoms in total. The number of halogens is 5. The van der Waals surface area contributed by atoms with Gasteiger partial charge in [0.1, 0.15) is 11.5 Å². The van der Waals surface area contributed by atoms with Crippen LogP contribution in [0.5, 0.6) is 0 Å². The van der Waals surface area contributed by atoms with Gasteiger partial charge in [-0.1, -0.05) is 11.6 Å². The molecule has 0 fully saturated rings. The van der Waals surface area contributed by atoms with Gasteiger partial charge in [-0.3, -0.25) is 0 Å². The van der Waals surface area contributed by atoms with Crippen LogP contribution >= 0.6 is 11.6 Å². The van der Waals surface area contributed by atoms with E-state index in [0.717, 1.165) is 18.3 Å². The van der Waals surface area contributed by atoms with Crippen LogP contribution in [0.2, 0.25) is 5.02 Å². The van der Waals surface area contributed by atoms with Crippen LogP contribution in [0, 0.1) is 5.82 Å². The van der Waals surface area contributed by atoms with E-state index in [1.807, 2.05) is 0 Å². The minimum absolute atomic E-state index is 0.0456. The lowest BCUT2D eigenvalue weighted by Gasteiger charge is -2.10. The van der Waals surface area contributed by atoms with Gasteiger partial charge in [0.2, 0.25) is 0 Å². The molecule has 0 radical (unpaired) electrons. The minimum Gasteiger partial charge on any atom is -0.396 e. The second-order valence-electron chi connectivity index (χ2n) is 3.65. The number of hydrogen-bond acceptors (Lipinski definition) is 3. The van der Waals surface area contributed by atoms with Gasteiger partial charge in [-0.2, -0.15) is 18.3 Å². The Kier molecular flexibility index (Phi) is 3.32. The van der Waals surface area contributed by atoms with Crippen molar-refractivity contribution in [1.29, 1.82) is 0 Å². The molecule has 0 aliphatic heterocycles. The van der Waals surface area contributed by atoms with Crippen LogP contribution in [0.15, 0.2) is 24.4 Å². The first-order chi connectivity index (χ1) is 8.80. The standard InChI is InChI=1S/C11H6ClF4N3/c12-7-4-18-19-10(9(7)17)6-2-1-5(3-8(6)13)11(14,15)16/h1-4H,(H2,17,18). The highest BCUT2D eigenvalue weighted by molar-refractivity contribution is 6.33. The van der Waals surface area contributed by atoms with Crippen molar-refractivity contribution in [2.75, 3.05) is 5.73 Å². The van der Waals surface area contributed by atoms with Gasteiger partial charge in [-0.05, 0) is 18.2 Å². The summed E-state index contributed by atoms with van der Waals surface area (Å²) in [6, 6.07) is 2.05. The quantitative estimate of drug-likeness (QED) is 0.818. The number of rotatable bonds is 1. The largest absolute Gasteiger partial charge is 0.416 e. The lowest BCUT2D eigenvalue weighted by Crippen LogP contribution is -2.06. The van der Waals surface area contributed by atoms with E-state index in [0.29, 0.717) is 6.07 Å². The highest BCUT2D eigenvalue weighted by Gasteiger charge is 2.31. The van der Waals surface area contributed by atoms with Crippen LogP contribution in [0.4, 0.5) is 23.2 Å². The smallest absolute Gasteiger partial charge is 0.396 e. The molecule has 0 saturated heterocycles. The molecule has 19 heavy (non-hydrogen) atoms. The molecule has 2 rings (SSSR count). The number of anilines is 1. The molecule has 8 heteroatoms. The van der Waals surface area contributed by atoms with Gasteiger partial charge in [-0.25, -0.2) is 4.39 Å². The zero-order valence-electron chi connectivity index (χ0n) is 9.17. The number of benzene rings is 1. The first kappa shape index (κ1) is 13.5. The Morgan fingerprint density at radius 1 is 1.21 bits per heavy atom. The van der Waals surface area contributed by atoms with E-state index in [1.165, 1.54) is 0 Å². The Morgan fingerprint density at radius 3 is 2.47 bits per heavy atom. The average molecular weight is 292 g/mol. The lowest BCUT2D eigenvalue weighted by molar-refractivity contribution is -0.137. The molecule has 2 N–H and O–H groups in total. The summed E-state index contributed by atoms with van der Waals surface area (Å²) in [5, 5.41) is 7.11. The number of nitrogens with zero attached hydrogens (tertiary/aromatic N) is 2. The van der Waals surface area contributed by atoms with E-state index in [1.54, 1.807) is 0 Å². The van der Waals surface area contributed by atoms with E-state index >= 15 is 0 Å². The Bertz CT molecular complexity index is 628. The maximum Gasteiger partial charge on any atom is 0.416 e. The summed E-state index contributed by atoms with van der Waals surface area (Å²) in [5.74, 6) is -1.10. The van der Waals surface area contributed by atoms with Crippen molar-refractivity contribution in [3.05, 3.63) is 40.8 Å². The van der Waals surface area contributed by atoms with E-state index in [9.17, 15) is 17.6 Å². The third-order valence-electron chi connectivity index (χ3n) is 2.39. The molecular weight excluding hydrogens is 286 g/mol. The molecule has 1 aromatic carbocycles. The first-order valence-electron chi connectivity index (χ1n) is 4.94. The van der Waals surface area contributed by atoms with Crippen molar-refractivity contribution in [3.63, 3.8) is 0 Å². The Morgan fingerprint density at radius 2 is 1.89 bits per heavy atom. The second-order valence-corrected chi connectivity index (χ2v) is 4.05. The molecule has 0 spiro atoms. The van der Waals surface area contributed by atoms with Crippen LogP contribution < -0.4 is 5.73 Å². The van der Waals surface area contributed by atoms with Crippen molar-refractivity contribution >= 4 is 17.3 Å². The van der Waals surface area contributed by atoms with Crippen molar-refractivity contribution in [1.82, 2.24) is 10.2 Å². The summed E-state index contributed by atoms with van der Waals surface area (Å²) >= 11 is 5.69. The molecule has 0 atom stereocenters. The van der Waals surface area contributed by atoms with Gasteiger partial charge in [0, 0.05) is 5.56 Å². The van der Waals surface area contributed by atoms with Crippen LogP contribution in [0.1, 0.15) is 5.56 Å². The van der Waals surface area contributed by atoms with Gasteiger partial charge in [0.15, 0.2) is 0 Å². The van der Waals surface area contributed by atoms with Crippen molar-refractivity contribution < 1.29 is 17.6 Å². The molecular formula is C11H6ClF4N3. The fraction of sp³-hybridized carbons (Fsp3) is 0.0909. The van der Waals surface area contributed by atoms with Gasteiger partial charge in [-0.15, -0.1) is 5.10 Å². The predicted octanol–water partition coefficient (Wildman–Crippen LogP) is 3.54. The van der Waals surface area contributed by atoms with E-state index in [-0.39, 0.29) is 22.0 Å². The average Bonchev–Trinajstić information content (AvgIpc) is 2.32. The summed E-state index contributed by atoms with van der Waals surface area (Å²) in [5.41, 5.74) is 4.15. The third-order valence-corrected chi connectivity index (χ3v) is 2.69. The second kappa shape index (κ2) is 4.65. The van der Waals surface area contributed by atoms with Gasteiger partial charge in [0.25, 0.3) is 0 Å². The fourth-order valence-corrected chi connectivity index (χ4v) is 1.59. The van der Waals surface area contributed by atoms with Crippen LogP contribution in [0.3, 0.4) is 0 Å². The van der Waals surface area contributed by atoms with Crippen molar-refractivity contribution in [3.8, 4) is 11.3 Å². The third kappa shape index (κ3) is 2.60. The van der Waals surface area contributed by atoms with Gasteiger partial charge in [0.05, 0.1) is 22.5 Å². The lowest BCUT2D eigenvalue weighted by atomic mass is 10.1. The Balaban J connectivity index is 2.56. The van der Waals surface area contributed by atoms with Crippen LogP contribution in [-0.2, 0) is 6.18 Å². The Labute approximate surface area is 110 Å². The maximum absolute atomic E-state index is 13.7. The number of nitrogen functional groups attached to an aromatic ring is 1. The number of alkyl halides is 3. The van der Waals surface area contributed by atoms with E-state index in [4.69, 9.17) is 17.3 Å². The summed E-state index contributed by atoms with van der Waals surface area (Å²) < 4.78 is 50.9. The Hall–Kier alpha value is -1.89. The molecule has 1 aromatic heterocycles. The van der Waals surface area contributed by atoms with E-state index in [2.05, 4.69) is 10.2 Å². The molecule has 2 aromatic rings.